The molecule has 3 atom stereocenters. The lowest BCUT2D eigenvalue weighted by Gasteiger charge is -2.37. The zero-order valence-corrected chi connectivity index (χ0v) is 12.8. The molecule has 0 amide bonds. The van der Waals surface area contributed by atoms with Crippen LogP contribution in [0.25, 0.3) is 11.0 Å². The average molecular weight is 308 g/mol. The van der Waals surface area contributed by atoms with Crippen molar-refractivity contribution in [2.24, 2.45) is 0 Å². The van der Waals surface area contributed by atoms with Gasteiger partial charge in [0.15, 0.2) is 0 Å². The van der Waals surface area contributed by atoms with Crippen molar-refractivity contribution in [1.29, 1.82) is 0 Å². The highest BCUT2D eigenvalue weighted by Gasteiger charge is 2.59. The number of rotatable bonds is 3. The molecule has 2 aromatic rings. The van der Waals surface area contributed by atoms with Crippen LogP contribution in [-0.2, 0) is 10.5 Å². The van der Waals surface area contributed by atoms with Gasteiger partial charge < -0.3 is 25.0 Å². The largest absolute Gasteiger partial charge is 0.393 e. The first-order chi connectivity index (χ1) is 10.3. The van der Waals surface area contributed by atoms with Crippen molar-refractivity contribution >= 4 is 16.9 Å². The molecular formula is C14H20N4O4. The molecule has 22 heavy (non-hydrogen) atoms. The molecular weight excluding hydrogens is 288 g/mol. The van der Waals surface area contributed by atoms with Gasteiger partial charge in [0.2, 0.25) is 5.72 Å². The van der Waals surface area contributed by atoms with Crippen molar-refractivity contribution in [3.05, 3.63) is 18.6 Å². The number of aliphatic hydroxyl groups is 3. The number of fused-ring (bicyclic) bond motifs is 1. The van der Waals surface area contributed by atoms with E-state index in [0.29, 0.717) is 11.5 Å². The smallest absolute Gasteiger partial charge is 0.203 e. The summed E-state index contributed by atoms with van der Waals surface area (Å²) in [5, 5.41) is 31.9. The van der Waals surface area contributed by atoms with Gasteiger partial charge in [-0.15, -0.1) is 0 Å². The van der Waals surface area contributed by atoms with E-state index in [-0.39, 0.29) is 6.61 Å². The van der Waals surface area contributed by atoms with Crippen LogP contribution in [0.15, 0.2) is 18.6 Å². The molecule has 1 aliphatic heterocycles. The molecule has 120 valence electrons. The Kier molecular flexibility index (Phi) is 3.37. The van der Waals surface area contributed by atoms with Gasteiger partial charge in [-0.3, -0.25) is 4.57 Å². The van der Waals surface area contributed by atoms with Crippen LogP contribution in [0, 0.1) is 0 Å². The van der Waals surface area contributed by atoms with E-state index in [1.807, 2.05) is 19.0 Å². The van der Waals surface area contributed by atoms with E-state index >= 15 is 0 Å². The Bertz CT molecular complexity index is 699. The summed E-state index contributed by atoms with van der Waals surface area (Å²) in [6.07, 6.45) is 2.07. The fourth-order valence-electron chi connectivity index (χ4n) is 3.00. The maximum Gasteiger partial charge on any atom is 0.203 e. The van der Waals surface area contributed by atoms with Gasteiger partial charge in [-0.25, -0.2) is 9.97 Å². The second-order valence-electron chi connectivity index (χ2n) is 6.00. The van der Waals surface area contributed by atoms with E-state index in [2.05, 4.69) is 9.97 Å². The first kappa shape index (κ1) is 15.2. The van der Waals surface area contributed by atoms with Crippen LogP contribution in [0.3, 0.4) is 0 Å². The van der Waals surface area contributed by atoms with Gasteiger partial charge in [-0.2, -0.15) is 0 Å². The highest BCUT2D eigenvalue weighted by Crippen LogP contribution is 2.41. The average Bonchev–Trinajstić information content (AvgIpc) is 2.99. The lowest BCUT2D eigenvalue weighted by atomic mass is 9.91. The normalized spacial score (nSPS) is 31.8. The number of hydrogen-bond acceptors (Lipinski definition) is 7. The maximum atomic E-state index is 11.1. The molecule has 3 N–H and O–H groups in total. The van der Waals surface area contributed by atoms with Gasteiger partial charge in [0.05, 0.1) is 18.6 Å². The summed E-state index contributed by atoms with van der Waals surface area (Å²) in [6, 6.07) is 1.77. The van der Waals surface area contributed by atoms with Crippen molar-refractivity contribution in [3.8, 4) is 0 Å². The minimum atomic E-state index is -1.82. The van der Waals surface area contributed by atoms with Crippen molar-refractivity contribution in [3.63, 3.8) is 0 Å². The van der Waals surface area contributed by atoms with Crippen LogP contribution in [0.4, 0.5) is 5.82 Å². The third kappa shape index (κ3) is 1.85. The molecule has 0 aliphatic carbocycles. The van der Waals surface area contributed by atoms with Crippen LogP contribution >= 0.6 is 0 Å². The summed E-state index contributed by atoms with van der Waals surface area (Å²) in [6.45, 7) is 0.973. The molecule has 0 radical (unpaired) electrons. The Morgan fingerprint density at radius 2 is 2.14 bits per heavy atom. The maximum absolute atomic E-state index is 11.1. The van der Waals surface area contributed by atoms with Crippen molar-refractivity contribution in [2.45, 2.75) is 24.4 Å². The molecule has 1 saturated heterocycles. The SMILES string of the molecule is CN(C)c1ncnc2c1ccn2[C@@]1(O)[C@@H](CO)OC[C@]1(C)O. The predicted octanol–water partition coefficient (Wildman–Crippen LogP) is -0.716. The summed E-state index contributed by atoms with van der Waals surface area (Å²) in [5.74, 6) is 0.700. The van der Waals surface area contributed by atoms with Gasteiger partial charge in [-0.1, -0.05) is 0 Å². The summed E-state index contributed by atoms with van der Waals surface area (Å²) in [5.41, 5.74) is -2.91. The number of anilines is 1. The predicted molar refractivity (Wildman–Crippen MR) is 79.5 cm³/mol. The Balaban J connectivity index is 2.24. The van der Waals surface area contributed by atoms with Crippen LogP contribution < -0.4 is 4.90 Å². The minimum Gasteiger partial charge on any atom is -0.393 e. The topological polar surface area (TPSA) is 104 Å². The van der Waals surface area contributed by atoms with E-state index in [0.717, 1.165) is 5.39 Å². The van der Waals surface area contributed by atoms with E-state index in [4.69, 9.17) is 4.74 Å². The van der Waals surface area contributed by atoms with Crippen LogP contribution in [0.2, 0.25) is 0 Å². The molecule has 3 heterocycles. The summed E-state index contributed by atoms with van der Waals surface area (Å²) < 4.78 is 6.81. The Morgan fingerprint density at radius 3 is 2.77 bits per heavy atom. The lowest BCUT2D eigenvalue weighted by molar-refractivity contribution is -0.186. The van der Waals surface area contributed by atoms with Crippen LogP contribution in [-0.4, -0.2) is 68.9 Å². The summed E-state index contributed by atoms with van der Waals surface area (Å²) in [4.78, 5) is 10.3. The van der Waals surface area contributed by atoms with Gasteiger partial charge in [-0.05, 0) is 13.0 Å². The fourth-order valence-corrected chi connectivity index (χ4v) is 3.00. The molecule has 0 saturated carbocycles. The first-order valence-corrected chi connectivity index (χ1v) is 7.00. The zero-order valence-electron chi connectivity index (χ0n) is 12.8. The third-order valence-corrected chi connectivity index (χ3v) is 4.22. The van der Waals surface area contributed by atoms with Crippen LogP contribution in [0.1, 0.15) is 6.92 Å². The van der Waals surface area contributed by atoms with E-state index in [1.54, 1.807) is 12.3 Å². The van der Waals surface area contributed by atoms with Gasteiger partial charge in [0, 0.05) is 20.3 Å². The fraction of sp³-hybridized carbons (Fsp3) is 0.571. The van der Waals surface area contributed by atoms with Crippen molar-refractivity contribution in [1.82, 2.24) is 14.5 Å². The molecule has 0 spiro atoms. The Hall–Kier alpha value is -1.74. The molecule has 2 aromatic heterocycles. The molecule has 1 fully saturated rings. The number of hydrogen-bond donors (Lipinski definition) is 3. The first-order valence-electron chi connectivity index (χ1n) is 7.00. The quantitative estimate of drug-likeness (QED) is 0.688. The molecule has 1 aliphatic rings. The minimum absolute atomic E-state index is 0.0833. The molecule has 8 nitrogen and oxygen atoms in total. The zero-order chi connectivity index (χ0) is 16.1. The molecule has 0 unspecified atom stereocenters. The van der Waals surface area contributed by atoms with Gasteiger partial charge in [0.1, 0.15) is 29.5 Å². The Labute approximate surface area is 127 Å². The second-order valence-corrected chi connectivity index (χ2v) is 6.00. The van der Waals surface area contributed by atoms with E-state index in [9.17, 15) is 15.3 Å². The molecule has 0 bridgehead atoms. The lowest BCUT2D eigenvalue weighted by Crippen LogP contribution is -2.57. The highest BCUT2D eigenvalue weighted by atomic mass is 16.6. The summed E-state index contributed by atoms with van der Waals surface area (Å²) >= 11 is 0. The highest BCUT2D eigenvalue weighted by molar-refractivity contribution is 5.87. The van der Waals surface area contributed by atoms with E-state index < -0.39 is 24.0 Å². The van der Waals surface area contributed by atoms with Gasteiger partial charge in [0.25, 0.3) is 0 Å². The summed E-state index contributed by atoms with van der Waals surface area (Å²) in [7, 11) is 3.72. The van der Waals surface area contributed by atoms with E-state index in [1.165, 1.54) is 17.8 Å². The third-order valence-electron chi connectivity index (χ3n) is 4.22. The molecule has 0 aromatic carbocycles. The van der Waals surface area contributed by atoms with Crippen LogP contribution in [0.5, 0.6) is 0 Å². The molecule has 8 heteroatoms. The van der Waals surface area contributed by atoms with Crippen molar-refractivity contribution in [2.75, 3.05) is 32.2 Å². The van der Waals surface area contributed by atoms with Gasteiger partial charge >= 0.3 is 0 Å². The molecule has 3 rings (SSSR count). The second kappa shape index (κ2) is 4.88. The van der Waals surface area contributed by atoms with Crippen molar-refractivity contribution < 1.29 is 20.1 Å². The number of nitrogens with zero attached hydrogens (tertiary/aromatic N) is 4. The standard InChI is InChI=1S/C14H20N4O4/c1-13(20)7-22-10(6-19)14(13,21)18-5-4-9-11(17(2)3)15-8-16-12(9)18/h4-5,8,10,19-21H,6-7H2,1-3H3/t10-,13+,14-/m1/s1. The number of ether oxygens (including phenoxy) is 1. The monoisotopic (exact) mass is 308 g/mol. The Morgan fingerprint density at radius 1 is 1.41 bits per heavy atom. The number of aromatic nitrogens is 3. The number of aliphatic hydroxyl groups excluding tert-OH is 1.